The maximum atomic E-state index is 13.6. The summed E-state index contributed by atoms with van der Waals surface area (Å²) >= 11 is 1.59. The van der Waals surface area contributed by atoms with Crippen molar-refractivity contribution in [1.82, 2.24) is 4.98 Å². The number of amides is 1. The molecule has 0 unspecified atom stereocenters. The van der Waals surface area contributed by atoms with Crippen molar-refractivity contribution < 1.29 is 4.79 Å². The van der Waals surface area contributed by atoms with Gasteiger partial charge in [0, 0.05) is 17.5 Å². The first-order valence-corrected chi connectivity index (χ1v) is 10.9. The molecule has 7 rings (SSSR count). The van der Waals surface area contributed by atoms with Gasteiger partial charge in [-0.2, -0.15) is 0 Å². The molecule has 2 bridgehead atoms. The molecule has 0 saturated heterocycles. The third-order valence-electron chi connectivity index (χ3n) is 6.74. The summed E-state index contributed by atoms with van der Waals surface area (Å²) < 4.78 is 1.09. The van der Waals surface area contributed by atoms with Crippen molar-refractivity contribution >= 4 is 33.1 Å². The lowest BCUT2D eigenvalue weighted by molar-refractivity contribution is -0.126. The van der Waals surface area contributed by atoms with Crippen LogP contribution in [0.2, 0.25) is 0 Å². The third kappa shape index (κ3) is 2.36. The second-order valence-corrected chi connectivity index (χ2v) is 9.24. The molecule has 0 spiro atoms. The van der Waals surface area contributed by atoms with Gasteiger partial charge in [-0.15, -0.1) is 11.3 Å². The normalized spacial score (nSPS) is 24.2. The third-order valence-corrected chi connectivity index (χ3v) is 7.53. The molecule has 1 amide bonds. The minimum absolute atomic E-state index is 0.0760. The van der Waals surface area contributed by atoms with Crippen molar-refractivity contribution in [2.45, 2.75) is 25.2 Å². The number of fused-ring (bicyclic) bond motifs is 2. The van der Waals surface area contributed by atoms with Crippen LogP contribution in [0.1, 0.15) is 47.4 Å². The van der Waals surface area contributed by atoms with E-state index >= 15 is 0 Å². The van der Waals surface area contributed by atoms with Gasteiger partial charge < -0.3 is 5.32 Å². The molecule has 0 aliphatic heterocycles. The van der Waals surface area contributed by atoms with Crippen LogP contribution in [-0.4, -0.2) is 10.9 Å². The van der Waals surface area contributed by atoms with Crippen LogP contribution in [0.4, 0.5) is 5.69 Å². The van der Waals surface area contributed by atoms with Crippen molar-refractivity contribution in [3.05, 3.63) is 94.5 Å². The molecule has 142 valence electrons. The summed E-state index contributed by atoms with van der Waals surface area (Å²) in [6.45, 7) is 2.14. The molecule has 4 aromatic rings. The molecular weight excluding hydrogens is 376 g/mol. The second kappa shape index (κ2) is 6.01. The van der Waals surface area contributed by atoms with E-state index in [2.05, 4.69) is 65.8 Å². The standard InChI is InChI=1S/C25H20N2OS/c1-25(24(28)27-15-10-11-21-22(12-15)29-14-26-21)13-20-16-6-2-4-8-18(16)23(25)19-9-5-3-7-17(19)20/h2-12,14,20,23H,13H2,1H3,(H,27,28)/t20?,23?,25-/m0/s1. The van der Waals surface area contributed by atoms with Gasteiger partial charge in [0.15, 0.2) is 0 Å². The van der Waals surface area contributed by atoms with Gasteiger partial charge in [0.2, 0.25) is 5.91 Å². The number of benzene rings is 3. The van der Waals surface area contributed by atoms with Gasteiger partial charge in [0.1, 0.15) is 0 Å². The average Bonchev–Trinajstić information content (AvgIpc) is 3.22. The van der Waals surface area contributed by atoms with Crippen LogP contribution in [0.25, 0.3) is 10.2 Å². The molecule has 1 aromatic heterocycles. The number of hydrogen-bond acceptors (Lipinski definition) is 3. The molecule has 1 atom stereocenters. The van der Waals surface area contributed by atoms with Crippen LogP contribution in [0.15, 0.2) is 72.2 Å². The topological polar surface area (TPSA) is 42.0 Å². The Morgan fingerprint density at radius 1 is 1.00 bits per heavy atom. The quantitative estimate of drug-likeness (QED) is 0.457. The highest BCUT2D eigenvalue weighted by Crippen LogP contribution is 2.61. The molecule has 1 N–H and O–H groups in total. The largest absolute Gasteiger partial charge is 0.326 e. The van der Waals surface area contributed by atoms with Crippen LogP contribution in [0.5, 0.6) is 0 Å². The number of nitrogens with zero attached hydrogens (tertiary/aromatic N) is 1. The fourth-order valence-electron chi connectivity index (χ4n) is 5.40. The van der Waals surface area contributed by atoms with E-state index in [1.807, 2.05) is 23.7 Å². The fraction of sp³-hybridized carbons (Fsp3) is 0.200. The molecule has 3 aliphatic carbocycles. The maximum Gasteiger partial charge on any atom is 0.231 e. The van der Waals surface area contributed by atoms with Gasteiger partial charge in [-0.25, -0.2) is 4.98 Å². The van der Waals surface area contributed by atoms with E-state index in [1.54, 1.807) is 11.3 Å². The highest BCUT2D eigenvalue weighted by Gasteiger charge is 2.53. The smallest absolute Gasteiger partial charge is 0.231 e. The number of hydrogen-bond donors (Lipinski definition) is 1. The van der Waals surface area contributed by atoms with E-state index in [4.69, 9.17) is 0 Å². The Morgan fingerprint density at radius 3 is 2.34 bits per heavy atom. The number of anilines is 1. The summed E-state index contributed by atoms with van der Waals surface area (Å²) in [5, 5.41) is 3.22. The first-order chi connectivity index (χ1) is 14.1. The summed E-state index contributed by atoms with van der Waals surface area (Å²) in [6, 6.07) is 23.2. The lowest BCUT2D eigenvalue weighted by Crippen LogP contribution is -2.47. The number of thiazole rings is 1. The average molecular weight is 397 g/mol. The first kappa shape index (κ1) is 16.9. The molecule has 3 aliphatic rings. The van der Waals surface area contributed by atoms with Crippen LogP contribution in [0.3, 0.4) is 0 Å². The fourth-order valence-corrected chi connectivity index (χ4v) is 6.11. The van der Waals surface area contributed by atoms with Crippen molar-refractivity contribution in [3.8, 4) is 0 Å². The lowest BCUT2D eigenvalue weighted by atomic mass is 9.52. The predicted octanol–water partition coefficient (Wildman–Crippen LogP) is 5.92. The van der Waals surface area contributed by atoms with Crippen molar-refractivity contribution in [1.29, 1.82) is 0 Å². The van der Waals surface area contributed by atoms with Gasteiger partial charge in [0.05, 0.1) is 21.1 Å². The second-order valence-electron chi connectivity index (χ2n) is 8.35. The summed E-state index contributed by atoms with van der Waals surface area (Å²) in [6.07, 6.45) is 0.834. The molecule has 3 nitrogen and oxygen atoms in total. The SMILES string of the molecule is C[C@]1(C(=O)Nc2ccc3ncsc3c2)CC2c3ccccc3C1c1ccccc12. The van der Waals surface area contributed by atoms with Crippen molar-refractivity contribution in [2.75, 3.05) is 5.32 Å². The van der Waals surface area contributed by atoms with E-state index < -0.39 is 5.41 Å². The van der Waals surface area contributed by atoms with Gasteiger partial charge in [-0.3, -0.25) is 4.79 Å². The Morgan fingerprint density at radius 2 is 1.66 bits per heavy atom. The Bertz CT molecular complexity index is 1230. The monoisotopic (exact) mass is 396 g/mol. The Hall–Kier alpha value is -2.98. The Kier molecular flexibility index (Phi) is 3.51. The number of nitrogens with one attached hydrogen (secondary N) is 1. The molecule has 0 fully saturated rings. The van der Waals surface area contributed by atoms with Crippen LogP contribution >= 0.6 is 11.3 Å². The van der Waals surface area contributed by atoms with Crippen LogP contribution < -0.4 is 5.32 Å². The molecule has 29 heavy (non-hydrogen) atoms. The summed E-state index contributed by atoms with van der Waals surface area (Å²) in [5.74, 6) is 0.444. The van der Waals surface area contributed by atoms with Gasteiger partial charge in [0.25, 0.3) is 0 Å². The van der Waals surface area contributed by atoms with Crippen LogP contribution in [-0.2, 0) is 4.79 Å². The molecular formula is C25H20N2OS. The highest BCUT2D eigenvalue weighted by molar-refractivity contribution is 7.16. The zero-order chi connectivity index (χ0) is 19.6. The van der Waals surface area contributed by atoms with E-state index in [0.29, 0.717) is 0 Å². The van der Waals surface area contributed by atoms with E-state index in [1.165, 1.54) is 22.3 Å². The number of rotatable bonds is 2. The lowest BCUT2D eigenvalue weighted by Gasteiger charge is -2.50. The predicted molar refractivity (Wildman–Crippen MR) is 118 cm³/mol. The van der Waals surface area contributed by atoms with E-state index in [9.17, 15) is 4.79 Å². The molecule has 4 heteroatoms. The zero-order valence-corrected chi connectivity index (χ0v) is 16.9. The van der Waals surface area contributed by atoms with Gasteiger partial charge in [-0.05, 0) is 53.8 Å². The summed E-state index contributed by atoms with van der Waals surface area (Å²) in [7, 11) is 0. The zero-order valence-electron chi connectivity index (χ0n) is 16.1. The van der Waals surface area contributed by atoms with Crippen molar-refractivity contribution in [3.63, 3.8) is 0 Å². The van der Waals surface area contributed by atoms with Gasteiger partial charge in [-0.1, -0.05) is 48.5 Å². The molecule has 0 radical (unpaired) electrons. The maximum absolute atomic E-state index is 13.6. The Balaban J connectivity index is 1.43. The van der Waals surface area contributed by atoms with Crippen LogP contribution in [0, 0.1) is 5.41 Å². The van der Waals surface area contributed by atoms with Crippen molar-refractivity contribution in [2.24, 2.45) is 5.41 Å². The highest BCUT2D eigenvalue weighted by atomic mass is 32.1. The van der Waals surface area contributed by atoms with Gasteiger partial charge >= 0.3 is 0 Å². The summed E-state index contributed by atoms with van der Waals surface area (Å²) in [5.41, 5.74) is 8.53. The summed E-state index contributed by atoms with van der Waals surface area (Å²) in [4.78, 5) is 18.0. The van der Waals surface area contributed by atoms with E-state index in [0.717, 1.165) is 22.3 Å². The minimum atomic E-state index is -0.490. The number of carbonyl (C=O) groups excluding carboxylic acids is 1. The molecule has 3 aromatic carbocycles. The molecule has 1 heterocycles. The Labute approximate surface area is 173 Å². The number of aromatic nitrogens is 1. The molecule has 0 saturated carbocycles. The van der Waals surface area contributed by atoms with E-state index in [-0.39, 0.29) is 17.7 Å². The number of carbonyl (C=O) groups is 1. The minimum Gasteiger partial charge on any atom is -0.326 e. The first-order valence-electron chi connectivity index (χ1n) is 9.97.